The van der Waals surface area contributed by atoms with Gasteiger partial charge in [-0.25, -0.2) is 0 Å². The van der Waals surface area contributed by atoms with Gasteiger partial charge in [0, 0.05) is 6.04 Å². The maximum Gasteiger partial charge on any atom is 0.119 e. The van der Waals surface area contributed by atoms with Crippen LogP contribution in [0.15, 0.2) is 42.5 Å². The Bertz CT molecular complexity index is 552. The molecule has 2 aromatic carbocycles. The van der Waals surface area contributed by atoms with Gasteiger partial charge in [0.25, 0.3) is 0 Å². The second-order valence-corrected chi connectivity index (χ2v) is 5.50. The molecule has 0 amide bonds. The Morgan fingerprint density at radius 2 is 1.89 bits per heavy atom. The Morgan fingerprint density at radius 3 is 2.68 bits per heavy atom. The predicted octanol–water partition coefficient (Wildman–Crippen LogP) is 3.74. The maximum atomic E-state index is 6.08. The maximum absolute atomic E-state index is 6.08. The molecule has 0 aromatic heterocycles. The number of hydrogen-bond donors (Lipinski definition) is 1. The Balaban J connectivity index is 1.59. The van der Waals surface area contributed by atoms with Crippen molar-refractivity contribution < 1.29 is 4.74 Å². The second-order valence-electron chi connectivity index (χ2n) is 5.50. The monoisotopic (exact) mass is 255 g/mol. The van der Waals surface area contributed by atoms with Gasteiger partial charge < -0.3 is 10.5 Å². The molecule has 0 aliphatic heterocycles. The second kappa shape index (κ2) is 5.62. The fourth-order valence-corrected chi connectivity index (χ4v) is 3.01. The minimum Gasteiger partial charge on any atom is -0.494 e. The van der Waals surface area contributed by atoms with E-state index >= 15 is 0 Å². The van der Waals surface area contributed by atoms with Gasteiger partial charge in [0.1, 0.15) is 5.75 Å². The van der Waals surface area contributed by atoms with Crippen LogP contribution in [-0.2, 0) is 0 Å². The Morgan fingerprint density at radius 1 is 1.05 bits per heavy atom. The molecule has 0 radical (unpaired) electrons. The SMILES string of the molecule is NC1CCCC1CCOc1ccc2ccccc2c1. The summed E-state index contributed by atoms with van der Waals surface area (Å²) >= 11 is 0. The first-order chi connectivity index (χ1) is 9.33. The van der Waals surface area contributed by atoms with Crippen LogP contribution in [0.5, 0.6) is 5.75 Å². The third-order valence-electron chi connectivity index (χ3n) is 4.20. The van der Waals surface area contributed by atoms with Gasteiger partial charge in [0.15, 0.2) is 0 Å². The zero-order valence-corrected chi connectivity index (χ0v) is 11.2. The van der Waals surface area contributed by atoms with Crippen LogP contribution in [-0.4, -0.2) is 12.6 Å². The van der Waals surface area contributed by atoms with Crippen molar-refractivity contribution in [3.63, 3.8) is 0 Å². The van der Waals surface area contributed by atoms with Crippen molar-refractivity contribution in [3.05, 3.63) is 42.5 Å². The summed E-state index contributed by atoms with van der Waals surface area (Å²) in [4.78, 5) is 0. The molecule has 1 fully saturated rings. The third-order valence-corrected chi connectivity index (χ3v) is 4.20. The minimum absolute atomic E-state index is 0.389. The molecule has 1 aliphatic rings. The van der Waals surface area contributed by atoms with Gasteiger partial charge in [-0.2, -0.15) is 0 Å². The fraction of sp³-hybridized carbons (Fsp3) is 0.412. The summed E-state index contributed by atoms with van der Waals surface area (Å²) in [6.45, 7) is 0.775. The lowest BCUT2D eigenvalue weighted by molar-refractivity contribution is 0.271. The molecule has 100 valence electrons. The van der Waals surface area contributed by atoms with E-state index in [1.165, 1.54) is 30.0 Å². The van der Waals surface area contributed by atoms with Gasteiger partial charge in [0.2, 0.25) is 0 Å². The highest BCUT2D eigenvalue weighted by molar-refractivity contribution is 5.83. The quantitative estimate of drug-likeness (QED) is 0.903. The number of ether oxygens (including phenoxy) is 1. The molecule has 2 nitrogen and oxygen atoms in total. The number of benzene rings is 2. The zero-order chi connectivity index (χ0) is 13.1. The van der Waals surface area contributed by atoms with Crippen LogP contribution in [0.3, 0.4) is 0 Å². The van der Waals surface area contributed by atoms with Crippen molar-refractivity contribution in [2.45, 2.75) is 31.7 Å². The zero-order valence-electron chi connectivity index (χ0n) is 11.2. The largest absolute Gasteiger partial charge is 0.494 e. The molecule has 2 N–H and O–H groups in total. The Labute approximate surface area is 114 Å². The first-order valence-corrected chi connectivity index (χ1v) is 7.20. The topological polar surface area (TPSA) is 35.2 Å². The summed E-state index contributed by atoms with van der Waals surface area (Å²) in [5.41, 5.74) is 6.08. The summed E-state index contributed by atoms with van der Waals surface area (Å²) in [6.07, 6.45) is 4.80. The molecule has 1 saturated carbocycles. The highest BCUT2D eigenvalue weighted by atomic mass is 16.5. The van der Waals surface area contributed by atoms with E-state index in [9.17, 15) is 0 Å². The van der Waals surface area contributed by atoms with E-state index < -0.39 is 0 Å². The van der Waals surface area contributed by atoms with Crippen molar-refractivity contribution >= 4 is 10.8 Å². The number of fused-ring (bicyclic) bond motifs is 1. The molecule has 3 rings (SSSR count). The van der Waals surface area contributed by atoms with Gasteiger partial charge in [-0.1, -0.05) is 36.8 Å². The molecule has 2 heteroatoms. The summed E-state index contributed by atoms with van der Waals surface area (Å²) in [5, 5.41) is 2.49. The molecule has 0 bridgehead atoms. The van der Waals surface area contributed by atoms with Crippen LogP contribution in [0, 0.1) is 5.92 Å². The summed E-state index contributed by atoms with van der Waals surface area (Å²) in [6, 6.07) is 15.0. The van der Waals surface area contributed by atoms with Gasteiger partial charge in [-0.3, -0.25) is 0 Å². The standard InChI is InChI=1S/C17H21NO/c18-17-7-3-6-14(17)10-11-19-16-9-8-13-4-1-2-5-15(13)12-16/h1-2,4-5,8-9,12,14,17H,3,6-7,10-11,18H2. The Kier molecular flexibility index (Phi) is 3.69. The molecular formula is C17H21NO. The van der Waals surface area contributed by atoms with Crippen molar-refractivity contribution in [2.24, 2.45) is 11.7 Å². The molecular weight excluding hydrogens is 234 g/mol. The van der Waals surface area contributed by atoms with Crippen molar-refractivity contribution in [1.82, 2.24) is 0 Å². The number of nitrogens with two attached hydrogens (primary N) is 1. The lowest BCUT2D eigenvalue weighted by Gasteiger charge is -2.15. The average molecular weight is 255 g/mol. The third kappa shape index (κ3) is 2.90. The highest BCUT2D eigenvalue weighted by Crippen LogP contribution is 2.27. The first-order valence-electron chi connectivity index (χ1n) is 7.20. The van der Waals surface area contributed by atoms with E-state index in [1.54, 1.807) is 0 Å². The average Bonchev–Trinajstić information content (AvgIpc) is 2.84. The van der Waals surface area contributed by atoms with E-state index in [1.807, 2.05) is 0 Å². The lowest BCUT2D eigenvalue weighted by Crippen LogP contribution is -2.25. The smallest absolute Gasteiger partial charge is 0.119 e. The van der Waals surface area contributed by atoms with Crippen LogP contribution < -0.4 is 10.5 Å². The van der Waals surface area contributed by atoms with E-state index in [0.29, 0.717) is 12.0 Å². The molecule has 2 unspecified atom stereocenters. The van der Waals surface area contributed by atoms with E-state index in [0.717, 1.165) is 18.8 Å². The van der Waals surface area contributed by atoms with Crippen molar-refractivity contribution in [1.29, 1.82) is 0 Å². The number of rotatable bonds is 4. The molecule has 2 aromatic rings. The van der Waals surface area contributed by atoms with Crippen LogP contribution >= 0.6 is 0 Å². The van der Waals surface area contributed by atoms with E-state index in [-0.39, 0.29) is 0 Å². The molecule has 2 atom stereocenters. The minimum atomic E-state index is 0.389. The summed E-state index contributed by atoms with van der Waals surface area (Å²) in [7, 11) is 0. The van der Waals surface area contributed by atoms with Crippen LogP contribution in [0.25, 0.3) is 10.8 Å². The van der Waals surface area contributed by atoms with Gasteiger partial charge in [-0.05, 0) is 48.1 Å². The summed E-state index contributed by atoms with van der Waals surface area (Å²) in [5.74, 6) is 1.62. The van der Waals surface area contributed by atoms with Crippen LogP contribution in [0.1, 0.15) is 25.7 Å². The van der Waals surface area contributed by atoms with E-state index in [2.05, 4.69) is 42.5 Å². The fourth-order valence-electron chi connectivity index (χ4n) is 3.01. The van der Waals surface area contributed by atoms with Gasteiger partial charge in [0.05, 0.1) is 6.61 Å². The molecule has 0 heterocycles. The van der Waals surface area contributed by atoms with Crippen LogP contribution in [0.2, 0.25) is 0 Å². The first kappa shape index (κ1) is 12.5. The lowest BCUT2D eigenvalue weighted by atomic mass is 10.0. The Hall–Kier alpha value is -1.54. The van der Waals surface area contributed by atoms with Crippen molar-refractivity contribution in [3.8, 4) is 5.75 Å². The predicted molar refractivity (Wildman–Crippen MR) is 79.4 cm³/mol. The van der Waals surface area contributed by atoms with Gasteiger partial charge >= 0.3 is 0 Å². The molecule has 0 spiro atoms. The highest BCUT2D eigenvalue weighted by Gasteiger charge is 2.23. The molecule has 1 aliphatic carbocycles. The van der Waals surface area contributed by atoms with Crippen LogP contribution in [0.4, 0.5) is 0 Å². The molecule has 0 saturated heterocycles. The normalized spacial score (nSPS) is 22.8. The molecule has 19 heavy (non-hydrogen) atoms. The van der Waals surface area contributed by atoms with E-state index in [4.69, 9.17) is 10.5 Å². The van der Waals surface area contributed by atoms with Crippen molar-refractivity contribution in [2.75, 3.05) is 6.61 Å². The number of hydrogen-bond acceptors (Lipinski definition) is 2. The summed E-state index contributed by atoms with van der Waals surface area (Å²) < 4.78 is 5.87. The van der Waals surface area contributed by atoms with Gasteiger partial charge in [-0.15, -0.1) is 0 Å².